The first kappa shape index (κ1) is 20.7. The number of rotatable bonds is 6. The summed E-state index contributed by atoms with van der Waals surface area (Å²) in [5, 5.41) is 17.8. The lowest BCUT2D eigenvalue weighted by atomic mass is 10.2. The van der Waals surface area contributed by atoms with Gasteiger partial charge in [0.25, 0.3) is 0 Å². The maximum Gasteiger partial charge on any atom is 0.238 e. The number of halogens is 1. The fraction of sp³-hybridized carbons (Fsp3) is 0.105. The van der Waals surface area contributed by atoms with Gasteiger partial charge in [-0.1, -0.05) is 11.6 Å². The van der Waals surface area contributed by atoms with Gasteiger partial charge in [-0.2, -0.15) is 10.2 Å². The molecule has 31 heavy (non-hydrogen) atoms. The van der Waals surface area contributed by atoms with Crippen molar-refractivity contribution >= 4 is 44.8 Å². The highest BCUT2D eigenvalue weighted by molar-refractivity contribution is 7.89. The quantitative estimate of drug-likeness (QED) is 0.532. The number of benzene rings is 2. The first-order valence-corrected chi connectivity index (χ1v) is 10.7. The van der Waals surface area contributed by atoms with Gasteiger partial charge in [0.1, 0.15) is 18.1 Å². The van der Waals surface area contributed by atoms with Gasteiger partial charge in [0.05, 0.1) is 16.0 Å². The first-order chi connectivity index (χ1) is 14.9. The maximum absolute atomic E-state index is 11.4. The predicted octanol–water partition coefficient (Wildman–Crippen LogP) is 2.91. The van der Waals surface area contributed by atoms with Gasteiger partial charge in [0.15, 0.2) is 11.5 Å². The molecule has 0 saturated heterocycles. The lowest BCUT2D eigenvalue weighted by molar-refractivity contribution is 0.174. The van der Waals surface area contributed by atoms with Crippen molar-refractivity contribution in [2.45, 2.75) is 4.90 Å². The van der Waals surface area contributed by atoms with E-state index in [1.165, 1.54) is 30.5 Å². The number of ether oxygens (including phenoxy) is 2. The lowest BCUT2D eigenvalue weighted by Crippen LogP contribution is -2.20. The molecule has 0 atom stereocenters. The minimum Gasteiger partial charge on any atom is -0.454 e. The zero-order valence-corrected chi connectivity index (χ0v) is 17.4. The van der Waals surface area contributed by atoms with Crippen molar-refractivity contribution in [1.29, 1.82) is 5.26 Å². The fourth-order valence-electron chi connectivity index (χ4n) is 2.95. The van der Waals surface area contributed by atoms with E-state index in [0.29, 0.717) is 33.7 Å². The van der Waals surface area contributed by atoms with Gasteiger partial charge in [-0.25, -0.2) is 18.5 Å². The SMILES string of the molecule is N#CCN(c1ccnc(Nc2ccc(S(N)(=O)=O)cc2)n1)c1c(Cl)ccc2c1OCO2. The van der Waals surface area contributed by atoms with Crippen LogP contribution in [0.15, 0.2) is 53.6 Å². The van der Waals surface area contributed by atoms with Crippen molar-refractivity contribution in [3.63, 3.8) is 0 Å². The summed E-state index contributed by atoms with van der Waals surface area (Å²) in [5.74, 6) is 1.56. The third-order valence-corrected chi connectivity index (χ3v) is 5.55. The second kappa shape index (κ2) is 8.27. The first-order valence-electron chi connectivity index (χ1n) is 8.82. The van der Waals surface area contributed by atoms with E-state index in [-0.39, 0.29) is 24.2 Å². The molecule has 10 nitrogen and oxygen atoms in total. The molecule has 2 heterocycles. The molecule has 0 amide bonds. The number of anilines is 4. The second-order valence-corrected chi connectivity index (χ2v) is 8.28. The molecule has 0 spiro atoms. The summed E-state index contributed by atoms with van der Waals surface area (Å²) in [4.78, 5) is 10.2. The summed E-state index contributed by atoms with van der Waals surface area (Å²) < 4.78 is 33.7. The van der Waals surface area contributed by atoms with E-state index in [4.69, 9.17) is 26.2 Å². The van der Waals surface area contributed by atoms with Crippen molar-refractivity contribution < 1.29 is 17.9 Å². The van der Waals surface area contributed by atoms with Gasteiger partial charge >= 0.3 is 0 Å². The number of nitriles is 1. The maximum atomic E-state index is 11.4. The zero-order chi connectivity index (χ0) is 22.0. The van der Waals surface area contributed by atoms with Crippen LogP contribution in [0.25, 0.3) is 0 Å². The zero-order valence-electron chi connectivity index (χ0n) is 15.8. The van der Waals surface area contributed by atoms with Crippen molar-refractivity contribution in [3.8, 4) is 17.6 Å². The molecular weight excluding hydrogens is 444 g/mol. The van der Waals surface area contributed by atoms with Gasteiger partial charge in [-0.15, -0.1) is 0 Å². The fourth-order valence-corrected chi connectivity index (χ4v) is 3.71. The molecule has 0 fully saturated rings. The van der Waals surface area contributed by atoms with Crippen LogP contribution in [0.4, 0.5) is 23.1 Å². The smallest absolute Gasteiger partial charge is 0.238 e. The predicted molar refractivity (Wildman–Crippen MR) is 113 cm³/mol. The molecule has 4 rings (SSSR count). The minimum atomic E-state index is -3.79. The number of primary sulfonamides is 1. The van der Waals surface area contributed by atoms with Crippen molar-refractivity contribution in [2.24, 2.45) is 5.14 Å². The van der Waals surface area contributed by atoms with E-state index in [1.807, 2.05) is 0 Å². The molecule has 0 radical (unpaired) electrons. The molecule has 2 aromatic carbocycles. The molecule has 1 aromatic heterocycles. The Bertz CT molecular complexity index is 1280. The molecule has 0 saturated carbocycles. The summed E-state index contributed by atoms with van der Waals surface area (Å²) in [5.41, 5.74) is 1.01. The highest BCUT2D eigenvalue weighted by Crippen LogP contribution is 2.47. The Labute approximate surface area is 182 Å². The normalized spacial score (nSPS) is 12.3. The number of sulfonamides is 1. The number of hydrogen-bond donors (Lipinski definition) is 2. The van der Waals surface area contributed by atoms with Crippen LogP contribution in [0.1, 0.15) is 0 Å². The molecule has 0 bridgehead atoms. The number of hydrogen-bond acceptors (Lipinski definition) is 9. The van der Waals surface area contributed by atoms with Crippen LogP contribution in [0.3, 0.4) is 0 Å². The molecule has 1 aliphatic heterocycles. The van der Waals surface area contributed by atoms with Crippen LogP contribution < -0.4 is 24.8 Å². The average Bonchev–Trinajstić information content (AvgIpc) is 3.21. The molecule has 3 N–H and O–H groups in total. The topological polar surface area (TPSA) is 143 Å². The number of nitrogens with one attached hydrogen (secondary N) is 1. The van der Waals surface area contributed by atoms with E-state index >= 15 is 0 Å². The monoisotopic (exact) mass is 458 g/mol. The Morgan fingerprint density at radius 2 is 1.97 bits per heavy atom. The third kappa shape index (κ3) is 4.31. The van der Waals surface area contributed by atoms with Crippen LogP contribution in [-0.2, 0) is 10.0 Å². The number of nitrogens with two attached hydrogens (primary N) is 1. The van der Waals surface area contributed by atoms with E-state index < -0.39 is 10.0 Å². The van der Waals surface area contributed by atoms with Gasteiger partial charge in [-0.3, -0.25) is 0 Å². The van der Waals surface area contributed by atoms with Crippen LogP contribution >= 0.6 is 11.6 Å². The van der Waals surface area contributed by atoms with Crippen LogP contribution in [0.5, 0.6) is 11.5 Å². The molecule has 12 heteroatoms. The van der Waals surface area contributed by atoms with E-state index in [2.05, 4.69) is 21.4 Å². The summed E-state index contributed by atoms with van der Waals surface area (Å²) >= 11 is 6.40. The highest BCUT2D eigenvalue weighted by Gasteiger charge is 2.26. The van der Waals surface area contributed by atoms with Crippen LogP contribution in [-0.4, -0.2) is 31.7 Å². The van der Waals surface area contributed by atoms with Crippen molar-refractivity contribution in [2.75, 3.05) is 23.6 Å². The molecule has 0 aliphatic carbocycles. The van der Waals surface area contributed by atoms with Crippen molar-refractivity contribution in [3.05, 3.63) is 53.7 Å². The highest BCUT2D eigenvalue weighted by atomic mass is 35.5. The summed E-state index contributed by atoms with van der Waals surface area (Å²) in [7, 11) is -3.79. The number of aromatic nitrogens is 2. The Balaban J connectivity index is 1.67. The molecule has 3 aromatic rings. The Morgan fingerprint density at radius 1 is 1.19 bits per heavy atom. The summed E-state index contributed by atoms with van der Waals surface area (Å²) in [6, 6.07) is 12.9. The minimum absolute atomic E-state index is 0.0114. The Hall–Kier alpha value is -3.59. The van der Waals surface area contributed by atoms with Crippen molar-refractivity contribution in [1.82, 2.24) is 9.97 Å². The molecule has 1 aliphatic rings. The third-order valence-electron chi connectivity index (χ3n) is 4.32. The number of fused-ring (bicyclic) bond motifs is 1. The summed E-state index contributed by atoms with van der Waals surface area (Å²) in [6.07, 6.45) is 1.52. The van der Waals surface area contributed by atoms with E-state index in [9.17, 15) is 13.7 Å². The second-order valence-electron chi connectivity index (χ2n) is 6.31. The van der Waals surface area contributed by atoms with Gasteiger partial charge in [-0.05, 0) is 42.5 Å². The van der Waals surface area contributed by atoms with Gasteiger partial charge in [0, 0.05) is 11.9 Å². The Morgan fingerprint density at radius 3 is 2.68 bits per heavy atom. The van der Waals surface area contributed by atoms with Gasteiger partial charge in [0.2, 0.25) is 22.8 Å². The number of nitrogens with zero attached hydrogens (tertiary/aromatic N) is 4. The Kier molecular flexibility index (Phi) is 5.51. The van der Waals surface area contributed by atoms with E-state index in [1.54, 1.807) is 23.1 Å². The van der Waals surface area contributed by atoms with Gasteiger partial charge < -0.3 is 19.7 Å². The average molecular weight is 459 g/mol. The largest absolute Gasteiger partial charge is 0.454 e. The standard InChI is InChI=1S/C19H15ClN6O4S/c20-14-5-6-15-18(30-11-29-15)17(14)26(10-8-21)16-7-9-23-19(25-16)24-12-1-3-13(4-2-12)31(22,27)28/h1-7,9H,10-11H2,(H2,22,27,28)(H,23,24,25). The molecule has 0 unspecified atom stereocenters. The van der Waals surface area contributed by atoms with Crippen LogP contribution in [0.2, 0.25) is 5.02 Å². The summed E-state index contributed by atoms with van der Waals surface area (Å²) in [6.45, 7) is -0.00674. The molecule has 158 valence electrons. The lowest BCUT2D eigenvalue weighted by Gasteiger charge is -2.23. The molecular formula is C19H15ClN6O4S. The van der Waals surface area contributed by atoms with E-state index in [0.717, 1.165) is 0 Å². The van der Waals surface area contributed by atoms with Crippen LogP contribution in [0, 0.1) is 11.3 Å².